The highest BCUT2D eigenvalue weighted by Crippen LogP contribution is 2.50. The number of aliphatic hydroxyl groups is 3. The number of rotatable bonds is 18. The Bertz CT molecular complexity index is 3590. The molecule has 29 nitrogen and oxygen atoms in total. The van der Waals surface area contributed by atoms with Gasteiger partial charge in [-0.15, -0.1) is 0 Å². The number of fused-ring (bicyclic) bond motifs is 3. The van der Waals surface area contributed by atoms with Crippen LogP contribution in [0.25, 0.3) is 33.5 Å². The Balaban J connectivity index is 0.000000184. The molecule has 0 aliphatic carbocycles. The Hall–Kier alpha value is -6.87. The molecule has 3 fully saturated rings. The second-order valence-corrected chi connectivity index (χ2v) is 24.1. The number of aliphatic hydroxyl groups excluding tert-OH is 3. The van der Waals surface area contributed by atoms with Gasteiger partial charge in [0.2, 0.25) is 17.8 Å². The molecular weight excluding hydrogens is 1190 g/mol. The molecule has 1 unspecified atom stereocenters. The Morgan fingerprint density at radius 3 is 1.61 bits per heavy atom. The van der Waals surface area contributed by atoms with E-state index < -0.39 is 99.2 Å². The van der Waals surface area contributed by atoms with Gasteiger partial charge in [-0.05, 0) is 73.9 Å². The number of para-hydroxylation sites is 1. The van der Waals surface area contributed by atoms with Gasteiger partial charge in [-0.3, -0.25) is 23.0 Å². The number of nitrogen functional groups attached to an aromatic ring is 3. The molecule has 34 heteroatoms. The number of nitrogens with two attached hydrogens (primary N) is 3. The lowest BCUT2D eigenvalue weighted by Gasteiger charge is -2.25. The molecule has 7 aromatic rings. The first-order valence-electron chi connectivity index (χ1n) is 28.0. The molecule has 6 aromatic heterocycles. The zero-order chi connectivity index (χ0) is 63.8. The smallest absolute Gasteiger partial charge is 0.459 e. The maximum Gasteiger partial charge on any atom is 0.459 e. The number of nitrogens with one attached hydrogen (secondary N) is 1. The van der Waals surface area contributed by atoms with Crippen LogP contribution in [-0.4, -0.2) is 180 Å². The van der Waals surface area contributed by atoms with Gasteiger partial charge in [-0.2, -0.15) is 35.0 Å². The van der Waals surface area contributed by atoms with Gasteiger partial charge in [-0.1, -0.05) is 43.6 Å². The second kappa shape index (κ2) is 26.1. The highest BCUT2D eigenvalue weighted by molar-refractivity contribution is 7.52. The van der Waals surface area contributed by atoms with E-state index in [0.717, 1.165) is 6.42 Å². The molecule has 0 radical (unpaired) electrons. The number of halogens is 4. The van der Waals surface area contributed by atoms with Crippen molar-refractivity contribution in [1.82, 2.24) is 63.6 Å². The van der Waals surface area contributed by atoms with Crippen LogP contribution in [0.3, 0.4) is 0 Å². The first kappa shape index (κ1) is 66.1. The maximum absolute atomic E-state index is 16.1. The Labute approximate surface area is 503 Å². The van der Waals surface area contributed by atoms with Crippen LogP contribution in [0.2, 0.25) is 5.15 Å². The van der Waals surface area contributed by atoms with Crippen LogP contribution >= 0.6 is 19.3 Å². The average Bonchev–Trinajstić information content (AvgIpc) is 1.73. The predicted octanol–water partition coefficient (Wildman–Crippen LogP) is 5.56. The Morgan fingerprint density at radius 1 is 0.724 bits per heavy atom. The minimum atomic E-state index is -4.29. The fraction of sp³-hybridized carbons (Fsp3) is 0.585. The van der Waals surface area contributed by atoms with Gasteiger partial charge in [0, 0.05) is 33.1 Å². The summed E-state index contributed by atoms with van der Waals surface area (Å²) in [6.45, 7) is 16.6. The number of esters is 1. The molecule has 14 atom stereocenters. The summed E-state index contributed by atoms with van der Waals surface area (Å²) in [5, 5.41) is 32.9. The lowest BCUT2D eigenvalue weighted by molar-refractivity contribution is -0.149. The molecule has 87 heavy (non-hydrogen) atoms. The number of aromatic nitrogens is 12. The number of hydrogen-bond donors (Lipinski definition) is 7. The molecule has 10 rings (SSSR count). The summed E-state index contributed by atoms with van der Waals surface area (Å²) in [6, 6.07) is 7.07. The third kappa shape index (κ3) is 13.3. The van der Waals surface area contributed by atoms with E-state index in [1.54, 1.807) is 55.8 Å². The first-order valence-corrected chi connectivity index (χ1v) is 29.9. The topological polar surface area (TPSA) is 378 Å². The molecule has 0 saturated carbocycles. The molecule has 3 saturated heterocycles. The predicted molar refractivity (Wildman–Crippen MR) is 315 cm³/mol. The van der Waals surface area contributed by atoms with Crippen molar-refractivity contribution in [2.45, 2.75) is 154 Å². The van der Waals surface area contributed by atoms with Crippen molar-refractivity contribution in [1.29, 1.82) is 0 Å². The number of anilines is 5. The van der Waals surface area contributed by atoms with Gasteiger partial charge < -0.3 is 65.8 Å². The molecule has 1 aromatic carbocycles. The van der Waals surface area contributed by atoms with Crippen molar-refractivity contribution in [2.24, 2.45) is 5.92 Å². The van der Waals surface area contributed by atoms with E-state index >= 15 is 13.2 Å². The molecule has 0 amide bonds. The van der Waals surface area contributed by atoms with Crippen molar-refractivity contribution in [3.05, 3.63) is 54.5 Å². The van der Waals surface area contributed by atoms with Crippen LogP contribution in [0.1, 0.15) is 94.3 Å². The van der Waals surface area contributed by atoms with Gasteiger partial charge in [-0.25, -0.2) is 32.7 Å². The summed E-state index contributed by atoms with van der Waals surface area (Å²) in [5.74, 6) is 0.248. The van der Waals surface area contributed by atoms with Crippen LogP contribution in [0.15, 0.2) is 49.3 Å². The van der Waals surface area contributed by atoms with Crippen LogP contribution in [0, 0.1) is 5.92 Å². The van der Waals surface area contributed by atoms with Crippen molar-refractivity contribution in [2.75, 3.05) is 67.4 Å². The lowest BCUT2D eigenvalue weighted by atomic mass is 9.88. The normalized spacial score (nSPS) is 28.1. The highest BCUT2D eigenvalue weighted by Gasteiger charge is 2.57. The minimum Gasteiger partial charge on any atom is -0.462 e. The van der Waals surface area contributed by atoms with Crippen LogP contribution in [0.4, 0.5) is 42.7 Å². The monoisotopic (exact) mass is 1260 g/mol. The third-order valence-corrected chi connectivity index (χ3v) is 17.3. The van der Waals surface area contributed by atoms with E-state index in [-0.39, 0.29) is 46.4 Å². The summed E-state index contributed by atoms with van der Waals surface area (Å²) < 4.78 is 98.0. The zero-order valence-corrected chi connectivity index (χ0v) is 51.7. The Kier molecular flexibility index (Phi) is 19.8. The summed E-state index contributed by atoms with van der Waals surface area (Å²) >= 11 is 6.00. The fourth-order valence-electron chi connectivity index (χ4n) is 10.1. The number of carbonyl (C=O) groups excluding carboxylic acids is 1. The van der Waals surface area contributed by atoms with Crippen LogP contribution < -0.4 is 36.6 Å². The van der Waals surface area contributed by atoms with E-state index in [0.29, 0.717) is 52.6 Å². The van der Waals surface area contributed by atoms with E-state index in [2.05, 4.69) is 49.9 Å². The van der Waals surface area contributed by atoms with Gasteiger partial charge in [0.15, 0.2) is 80.5 Å². The van der Waals surface area contributed by atoms with E-state index in [9.17, 15) is 24.7 Å². The third-order valence-electron chi connectivity index (χ3n) is 15.4. The molecule has 10 N–H and O–H groups in total. The number of carbonyl (C=O) groups is 1. The van der Waals surface area contributed by atoms with E-state index in [1.165, 1.54) is 55.8 Å². The summed E-state index contributed by atoms with van der Waals surface area (Å²) in [5.41, 5.74) is 13.4. The molecule has 3 aliphatic rings. The molecular formula is C53H75ClF3N18O11P. The van der Waals surface area contributed by atoms with E-state index in [4.69, 9.17) is 56.8 Å². The van der Waals surface area contributed by atoms with Crippen LogP contribution in [-0.2, 0) is 32.8 Å². The second-order valence-electron chi connectivity index (χ2n) is 22.0. The van der Waals surface area contributed by atoms with E-state index in [1.807, 2.05) is 44.5 Å². The van der Waals surface area contributed by atoms with Gasteiger partial charge in [0.05, 0.1) is 44.4 Å². The molecule has 0 spiro atoms. The standard InChI is InChI=1S/C26H37FN7O7P.C14H21FN6O3.C13H17ClFN5O/c1-7-33(6)21-19-22(31-25(28)30-21)34(14-29-19)24-26(5,27)20(35)18(40-24)13-38-42(37,41-17-11-9-8-10-12-17)32-16(4)23(36)39-15(2)3;1-4-20(3)10-8-11(19-13(16)18-10)21(6-17-8)12-14(2,15)9(23)7(5-22)24-12;1-4-7-6(2)13(3,15)11(21-7)20-5-17-8-9(14)18-12(16)19-10(8)20/h8-12,14-16,18,20,24,35H,7,13H2,1-6H3,(H,32,37)(H2,28,30,31);6-7,9,12,22-23H,4-5H2,1-3H3,(H2,16,18,19);5-7,11H,4H2,1-3H3,(H2,16,18,19)/t16-,18+,20+,24+,26+,42?;7-,9-,12-,14-;6-,7-,11-,13-/m011/s1. The quantitative estimate of drug-likeness (QED) is 0.0314. The largest absolute Gasteiger partial charge is 0.462 e. The number of imidazole rings is 3. The van der Waals surface area contributed by atoms with Gasteiger partial charge in [0.25, 0.3) is 0 Å². The van der Waals surface area contributed by atoms with Gasteiger partial charge in [0.1, 0.15) is 41.7 Å². The minimum absolute atomic E-state index is 0.0212. The molecule has 0 bridgehead atoms. The first-order chi connectivity index (χ1) is 40.9. The number of ether oxygens (including phenoxy) is 4. The van der Waals surface area contributed by atoms with Gasteiger partial charge >= 0.3 is 13.7 Å². The average molecular weight is 1260 g/mol. The number of alkyl halides is 3. The number of hydrogen-bond acceptors (Lipinski definition) is 25. The number of nitrogens with zero attached hydrogens (tertiary/aromatic N) is 14. The van der Waals surface area contributed by atoms with Crippen molar-refractivity contribution >= 4 is 88.3 Å². The lowest BCUT2D eigenvalue weighted by Crippen LogP contribution is -2.41. The maximum atomic E-state index is 16.1. The molecule has 9 heterocycles. The fourth-order valence-corrected chi connectivity index (χ4v) is 11.8. The Morgan fingerprint density at radius 2 is 1.16 bits per heavy atom. The summed E-state index contributed by atoms with van der Waals surface area (Å²) in [7, 11) is -0.656. The van der Waals surface area contributed by atoms with Crippen molar-refractivity contribution < 1.29 is 65.8 Å². The molecule has 3 aliphatic heterocycles. The zero-order valence-electron chi connectivity index (χ0n) is 50.1. The summed E-state index contributed by atoms with van der Waals surface area (Å²) in [6.07, 6.45) is -4.57. The van der Waals surface area contributed by atoms with Crippen molar-refractivity contribution in [3.8, 4) is 5.75 Å². The SMILES string of the molecule is CCN(C)c1nc(N)nc2c1ncn2[C@@H]1O[C@H](CO)[C@@H](O)[C@@]1(C)F.CCN(C)c1nc(N)nc2c1ncn2[C@@H]1O[C@H](COP(=O)(N[C@@H](C)C(=O)OC(C)C)Oc2ccccc2)[C@@H](O)[C@@]1(C)F.CC[C@H]1O[C@@H](n2cnc3c(Cl)nc(N)nc32)[C@](C)(F)[C@@H]1C. The summed E-state index contributed by atoms with van der Waals surface area (Å²) in [4.78, 5) is 53.6. The molecule has 476 valence electrons. The van der Waals surface area contributed by atoms with Crippen molar-refractivity contribution in [3.63, 3.8) is 0 Å². The van der Waals surface area contributed by atoms with Crippen LogP contribution in [0.5, 0.6) is 5.75 Å². The number of benzene rings is 1. The highest BCUT2D eigenvalue weighted by atomic mass is 35.5.